The van der Waals surface area contributed by atoms with E-state index in [0.717, 1.165) is 16.9 Å². The molecule has 1 amide bonds. The van der Waals surface area contributed by atoms with E-state index in [-0.39, 0.29) is 5.91 Å². The van der Waals surface area contributed by atoms with Gasteiger partial charge in [0.25, 0.3) is 0 Å². The van der Waals surface area contributed by atoms with Gasteiger partial charge in [-0.1, -0.05) is 15.9 Å². The lowest BCUT2D eigenvalue weighted by atomic mass is 10.3. The molecule has 19 heavy (non-hydrogen) atoms. The highest BCUT2D eigenvalue weighted by Gasteiger charge is 2.20. The summed E-state index contributed by atoms with van der Waals surface area (Å²) in [6.45, 7) is 3.77. The fourth-order valence-electron chi connectivity index (χ4n) is 1.78. The molecule has 0 heterocycles. The van der Waals surface area contributed by atoms with Gasteiger partial charge in [-0.25, -0.2) is 0 Å². The van der Waals surface area contributed by atoms with Crippen LogP contribution in [0.3, 0.4) is 0 Å². The zero-order chi connectivity index (χ0) is 13.7. The number of ether oxygens (including phenoxy) is 1. The van der Waals surface area contributed by atoms with E-state index in [9.17, 15) is 4.79 Å². The fraction of sp³-hybridized carbons (Fsp3) is 0.500. The number of rotatable bonds is 7. The molecule has 1 aromatic carbocycles. The molecule has 0 atom stereocenters. The van der Waals surface area contributed by atoms with Gasteiger partial charge < -0.3 is 15.4 Å². The minimum atomic E-state index is -0.0380. The number of hydrogen-bond donors (Lipinski definition) is 2. The van der Waals surface area contributed by atoms with Crippen molar-refractivity contribution < 1.29 is 9.53 Å². The van der Waals surface area contributed by atoms with E-state index in [1.807, 2.05) is 25.1 Å². The highest BCUT2D eigenvalue weighted by Crippen LogP contribution is 2.29. The maximum Gasteiger partial charge on any atom is 0.238 e. The number of carbonyl (C=O) groups is 1. The van der Waals surface area contributed by atoms with Gasteiger partial charge in [0.05, 0.1) is 18.8 Å². The molecule has 1 aliphatic carbocycles. The lowest BCUT2D eigenvalue weighted by Crippen LogP contribution is -2.29. The van der Waals surface area contributed by atoms with Crippen LogP contribution in [0.25, 0.3) is 0 Å². The maximum atomic E-state index is 11.8. The first-order valence-corrected chi connectivity index (χ1v) is 7.41. The predicted octanol–water partition coefficient (Wildman–Crippen LogP) is 2.79. The molecular formula is C14H19BrN2O2. The van der Waals surface area contributed by atoms with Crippen molar-refractivity contribution in [2.24, 2.45) is 5.92 Å². The maximum absolute atomic E-state index is 11.8. The molecule has 4 nitrogen and oxygen atoms in total. The summed E-state index contributed by atoms with van der Waals surface area (Å²) < 4.78 is 6.44. The third kappa shape index (κ3) is 4.84. The number of carbonyl (C=O) groups excluding carboxylic acids is 1. The highest BCUT2D eigenvalue weighted by atomic mass is 79.9. The van der Waals surface area contributed by atoms with Crippen molar-refractivity contribution in [3.63, 3.8) is 0 Å². The van der Waals surface area contributed by atoms with E-state index in [4.69, 9.17) is 4.74 Å². The van der Waals surface area contributed by atoms with Gasteiger partial charge in [0.1, 0.15) is 5.75 Å². The topological polar surface area (TPSA) is 50.4 Å². The van der Waals surface area contributed by atoms with Crippen LogP contribution >= 0.6 is 15.9 Å². The second kappa shape index (κ2) is 6.91. The normalized spacial score (nSPS) is 14.2. The van der Waals surface area contributed by atoms with E-state index >= 15 is 0 Å². The Balaban J connectivity index is 1.87. The zero-order valence-electron chi connectivity index (χ0n) is 11.0. The molecule has 1 aliphatic rings. The number of hydrogen-bond acceptors (Lipinski definition) is 3. The number of anilines is 1. The molecule has 1 saturated carbocycles. The Kier molecular flexibility index (Phi) is 5.22. The smallest absolute Gasteiger partial charge is 0.238 e. The molecule has 0 saturated heterocycles. The van der Waals surface area contributed by atoms with E-state index in [0.29, 0.717) is 24.6 Å². The minimum absolute atomic E-state index is 0.0380. The van der Waals surface area contributed by atoms with Gasteiger partial charge in [0.15, 0.2) is 0 Å². The predicted molar refractivity (Wildman–Crippen MR) is 79.5 cm³/mol. The van der Waals surface area contributed by atoms with Crippen LogP contribution < -0.4 is 15.4 Å². The van der Waals surface area contributed by atoms with Gasteiger partial charge in [-0.3, -0.25) is 4.79 Å². The summed E-state index contributed by atoms with van der Waals surface area (Å²) in [5.41, 5.74) is 0.711. The summed E-state index contributed by atoms with van der Waals surface area (Å²) in [4.78, 5) is 11.8. The molecule has 2 rings (SSSR count). The van der Waals surface area contributed by atoms with Crippen molar-refractivity contribution in [1.82, 2.24) is 5.32 Å². The van der Waals surface area contributed by atoms with Gasteiger partial charge in [-0.05, 0) is 50.4 Å². The highest BCUT2D eigenvalue weighted by molar-refractivity contribution is 9.10. The summed E-state index contributed by atoms with van der Waals surface area (Å²) in [7, 11) is 0. The van der Waals surface area contributed by atoms with Crippen LogP contribution in [0, 0.1) is 5.92 Å². The first kappa shape index (κ1) is 14.3. The van der Waals surface area contributed by atoms with Crippen molar-refractivity contribution >= 4 is 27.5 Å². The Labute approximate surface area is 122 Å². The summed E-state index contributed by atoms with van der Waals surface area (Å²) >= 11 is 3.39. The summed E-state index contributed by atoms with van der Waals surface area (Å²) in [5.74, 6) is 1.43. The lowest BCUT2D eigenvalue weighted by molar-refractivity contribution is -0.115. The van der Waals surface area contributed by atoms with Crippen molar-refractivity contribution in [2.75, 3.05) is 25.0 Å². The quantitative estimate of drug-likeness (QED) is 0.810. The van der Waals surface area contributed by atoms with Gasteiger partial charge in [0, 0.05) is 4.47 Å². The third-order valence-electron chi connectivity index (χ3n) is 2.93. The molecule has 1 fully saturated rings. The van der Waals surface area contributed by atoms with Crippen LogP contribution in [0.2, 0.25) is 0 Å². The average Bonchev–Trinajstić information content (AvgIpc) is 3.17. The van der Waals surface area contributed by atoms with Crippen molar-refractivity contribution in [3.8, 4) is 5.75 Å². The van der Waals surface area contributed by atoms with Crippen LogP contribution in [0.15, 0.2) is 22.7 Å². The minimum Gasteiger partial charge on any atom is -0.492 e. The van der Waals surface area contributed by atoms with E-state index in [1.165, 1.54) is 12.8 Å². The largest absolute Gasteiger partial charge is 0.492 e. The second-order valence-corrected chi connectivity index (χ2v) is 5.61. The first-order chi connectivity index (χ1) is 9.19. The number of nitrogens with one attached hydrogen (secondary N) is 2. The van der Waals surface area contributed by atoms with Gasteiger partial charge in [-0.2, -0.15) is 0 Å². The molecule has 104 valence electrons. The Bertz CT molecular complexity index is 447. The first-order valence-electron chi connectivity index (χ1n) is 6.62. The van der Waals surface area contributed by atoms with Crippen LogP contribution in [-0.4, -0.2) is 25.6 Å². The molecule has 0 aliphatic heterocycles. The Hall–Kier alpha value is -1.07. The molecule has 2 N–H and O–H groups in total. The number of benzene rings is 1. The van der Waals surface area contributed by atoms with Crippen LogP contribution in [0.1, 0.15) is 19.8 Å². The molecule has 0 radical (unpaired) electrons. The van der Waals surface area contributed by atoms with Crippen molar-refractivity contribution in [3.05, 3.63) is 22.7 Å². The molecule has 0 unspecified atom stereocenters. The summed E-state index contributed by atoms with van der Waals surface area (Å²) in [6.07, 6.45) is 2.58. The summed E-state index contributed by atoms with van der Waals surface area (Å²) in [5, 5.41) is 6.04. The van der Waals surface area contributed by atoms with Crippen molar-refractivity contribution in [1.29, 1.82) is 0 Å². The molecule has 0 bridgehead atoms. The number of halogens is 1. The molecule has 1 aromatic rings. The Morgan fingerprint density at radius 2 is 2.26 bits per heavy atom. The van der Waals surface area contributed by atoms with Crippen LogP contribution in [0.4, 0.5) is 5.69 Å². The van der Waals surface area contributed by atoms with E-state index < -0.39 is 0 Å². The Morgan fingerprint density at radius 1 is 1.47 bits per heavy atom. The SMILES string of the molecule is CCOc1cc(Br)ccc1NC(=O)CNCC1CC1. The molecule has 0 aromatic heterocycles. The average molecular weight is 327 g/mol. The standard InChI is InChI=1S/C14H19BrN2O2/c1-2-19-13-7-11(15)5-6-12(13)17-14(18)9-16-8-10-3-4-10/h5-7,10,16H,2-4,8-9H2,1H3,(H,17,18). The van der Waals surface area contributed by atoms with Gasteiger partial charge in [0.2, 0.25) is 5.91 Å². The molecular weight excluding hydrogens is 308 g/mol. The van der Waals surface area contributed by atoms with Gasteiger partial charge >= 0.3 is 0 Å². The second-order valence-electron chi connectivity index (χ2n) is 4.70. The van der Waals surface area contributed by atoms with Crippen LogP contribution in [0.5, 0.6) is 5.75 Å². The monoisotopic (exact) mass is 326 g/mol. The lowest BCUT2D eigenvalue weighted by Gasteiger charge is -2.12. The van der Waals surface area contributed by atoms with Gasteiger partial charge in [-0.15, -0.1) is 0 Å². The van der Waals surface area contributed by atoms with E-state index in [2.05, 4.69) is 26.6 Å². The summed E-state index contributed by atoms with van der Waals surface area (Å²) in [6, 6.07) is 5.58. The van der Waals surface area contributed by atoms with Crippen LogP contribution in [-0.2, 0) is 4.79 Å². The number of amides is 1. The Morgan fingerprint density at radius 3 is 2.95 bits per heavy atom. The fourth-order valence-corrected chi connectivity index (χ4v) is 2.12. The van der Waals surface area contributed by atoms with E-state index in [1.54, 1.807) is 0 Å². The van der Waals surface area contributed by atoms with Crippen molar-refractivity contribution in [2.45, 2.75) is 19.8 Å². The third-order valence-corrected chi connectivity index (χ3v) is 3.43. The molecule has 0 spiro atoms. The molecule has 5 heteroatoms. The zero-order valence-corrected chi connectivity index (χ0v) is 12.6.